The largest absolute Gasteiger partial charge is 0.394 e. The van der Waals surface area contributed by atoms with Crippen LogP contribution in [0.15, 0.2) is 68.2 Å². The molecule has 3 unspecified atom stereocenters. The number of hydrazone groups is 2. The fraction of sp³-hybridized carbons (Fsp3) is 0.182. The van der Waals surface area contributed by atoms with Gasteiger partial charge >= 0.3 is 0 Å². The van der Waals surface area contributed by atoms with Crippen LogP contribution >= 0.6 is 31.9 Å². The van der Waals surface area contributed by atoms with Gasteiger partial charge in [0.25, 0.3) is 0 Å². The van der Waals surface area contributed by atoms with E-state index < -0.39 is 24.9 Å². The van der Waals surface area contributed by atoms with Crippen molar-refractivity contribution in [2.75, 3.05) is 17.5 Å². The molecule has 6 N–H and O–H groups in total. The average Bonchev–Trinajstić information content (AvgIpc) is 2.89. The third-order valence-electron chi connectivity index (χ3n) is 5.06. The number of nitrogens with one attached hydrogen (secondary N) is 2. The fourth-order valence-corrected chi connectivity index (χ4v) is 3.90. The molecule has 0 saturated carbocycles. The molecule has 2 aromatic carbocycles. The van der Waals surface area contributed by atoms with Crippen molar-refractivity contribution < 1.29 is 20.4 Å². The lowest BCUT2D eigenvalue weighted by atomic mass is 10.0. The van der Waals surface area contributed by atoms with Crippen LogP contribution in [0.1, 0.15) is 0 Å². The Morgan fingerprint density at radius 1 is 0.861 bits per heavy atom. The molecule has 186 valence electrons. The predicted molar refractivity (Wildman–Crippen MR) is 143 cm³/mol. The standard InChI is InChI=1S/C22H20Br2N8O4/c23-11-1-3-15-13(5-11)21(27-9-25-15)31-29-7-17(19(35)20(36)18(34)8-33)30-32-22-14-6-12(24)2-4-16(14)26-10-28-22/h1-7,9-10,18-20,33-36H,8H2,(H,25,27,31)(H,26,28,32). The molecule has 4 aromatic rings. The smallest absolute Gasteiger partial charge is 0.157 e. The van der Waals surface area contributed by atoms with Crippen LogP contribution in [-0.2, 0) is 0 Å². The molecule has 3 atom stereocenters. The molecule has 14 heteroatoms. The zero-order valence-electron chi connectivity index (χ0n) is 18.4. The molecule has 36 heavy (non-hydrogen) atoms. The summed E-state index contributed by atoms with van der Waals surface area (Å²) in [5.41, 5.74) is 6.69. The van der Waals surface area contributed by atoms with E-state index in [4.69, 9.17) is 0 Å². The monoisotopic (exact) mass is 618 g/mol. The lowest BCUT2D eigenvalue weighted by molar-refractivity contribution is -0.0548. The molecule has 2 heterocycles. The van der Waals surface area contributed by atoms with Gasteiger partial charge in [0.15, 0.2) is 11.6 Å². The highest BCUT2D eigenvalue weighted by atomic mass is 79.9. The predicted octanol–water partition coefficient (Wildman–Crippen LogP) is 2.04. The maximum absolute atomic E-state index is 10.6. The number of hydrogen-bond donors (Lipinski definition) is 6. The molecule has 0 aliphatic rings. The summed E-state index contributed by atoms with van der Waals surface area (Å²) >= 11 is 6.81. The number of rotatable bonds is 9. The zero-order valence-corrected chi connectivity index (χ0v) is 21.5. The molecular weight excluding hydrogens is 600 g/mol. The van der Waals surface area contributed by atoms with Gasteiger partial charge in [-0.2, -0.15) is 10.2 Å². The highest BCUT2D eigenvalue weighted by Crippen LogP contribution is 2.24. The van der Waals surface area contributed by atoms with Crippen molar-refractivity contribution in [2.45, 2.75) is 18.3 Å². The summed E-state index contributed by atoms with van der Waals surface area (Å²) < 4.78 is 1.62. The van der Waals surface area contributed by atoms with Crippen molar-refractivity contribution in [3.8, 4) is 0 Å². The average molecular weight is 620 g/mol. The second-order valence-electron chi connectivity index (χ2n) is 7.47. The Morgan fingerprint density at radius 3 is 1.97 bits per heavy atom. The van der Waals surface area contributed by atoms with E-state index in [1.807, 2.05) is 24.3 Å². The van der Waals surface area contributed by atoms with E-state index in [0.29, 0.717) is 33.4 Å². The molecular formula is C22H20Br2N8O4. The molecule has 0 saturated heterocycles. The molecule has 0 aliphatic heterocycles. The third kappa shape index (κ3) is 5.98. The number of aliphatic hydroxyl groups is 4. The van der Waals surface area contributed by atoms with Gasteiger partial charge < -0.3 is 20.4 Å². The van der Waals surface area contributed by atoms with Gasteiger partial charge in [0.05, 0.1) is 23.9 Å². The molecule has 0 spiro atoms. The van der Waals surface area contributed by atoms with Crippen molar-refractivity contribution in [1.29, 1.82) is 0 Å². The number of halogens is 2. The first kappa shape index (κ1) is 25.9. The van der Waals surface area contributed by atoms with E-state index in [2.05, 4.69) is 72.9 Å². The third-order valence-corrected chi connectivity index (χ3v) is 6.05. The Morgan fingerprint density at radius 2 is 1.42 bits per heavy atom. The summed E-state index contributed by atoms with van der Waals surface area (Å²) in [5.74, 6) is 0.720. The van der Waals surface area contributed by atoms with Crippen molar-refractivity contribution in [1.82, 2.24) is 19.9 Å². The van der Waals surface area contributed by atoms with Crippen LogP contribution in [0, 0.1) is 0 Å². The second-order valence-corrected chi connectivity index (χ2v) is 9.30. The van der Waals surface area contributed by atoms with E-state index in [9.17, 15) is 20.4 Å². The number of aliphatic hydroxyl groups excluding tert-OH is 4. The van der Waals surface area contributed by atoms with Gasteiger partial charge in [0, 0.05) is 19.7 Å². The Labute approximate surface area is 221 Å². The number of aromatic nitrogens is 4. The first-order valence-corrected chi connectivity index (χ1v) is 12.0. The Bertz CT molecular complexity index is 1440. The molecule has 12 nitrogen and oxygen atoms in total. The van der Waals surface area contributed by atoms with Gasteiger partial charge in [0.1, 0.15) is 36.7 Å². The quantitative estimate of drug-likeness (QED) is 0.120. The highest BCUT2D eigenvalue weighted by Gasteiger charge is 2.28. The normalized spacial score (nSPS) is 14.8. The van der Waals surface area contributed by atoms with Crippen LogP contribution in [0.4, 0.5) is 11.6 Å². The van der Waals surface area contributed by atoms with Crippen LogP contribution in [-0.4, -0.2) is 77.2 Å². The number of hydrogen-bond acceptors (Lipinski definition) is 12. The fourth-order valence-electron chi connectivity index (χ4n) is 3.18. The van der Waals surface area contributed by atoms with Gasteiger partial charge in [-0.3, -0.25) is 10.9 Å². The van der Waals surface area contributed by atoms with E-state index in [1.54, 1.807) is 12.1 Å². The minimum atomic E-state index is -1.74. The van der Waals surface area contributed by atoms with Gasteiger partial charge in [-0.15, -0.1) is 0 Å². The number of anilines is 2. The molecule has 0 fully saturated rings. The van der Waals surface area contributed by atoms with Crippen LogP contribution in [0.5, 0.6) is 0 Å². The summed E-state index contributed by atoms with van der Waals surface area (Å²) in [6, 6.07) is 10.9. The lowest BCUT2D eigenvalue weighted by Gasteiger charge is -2.21. The summed E-state index contributed by atoms with van der Waals surface area (Å²) in [6.45, 7) is -0.763. The first-order valence-electron chi connectivity index (χ1n) is 10.5. The lowest BCUT2D eigenvalue weighted by Crippen LogP contribution is -2.44. The van der Waals surface area contributed by atoms with E-state index in [-0.39, 0.29) is 5.71 Å². The summed E-state index contributed by atoms with van der Waals surface area (Å²) in [4.78, 5) is 16.8. The minimum absolute atomic E-state index is 0.163. The number of benzene rings is 2. The zero-order chi connectivity index (χ0) is 25.7. The van der Waals surface area contributed by atoms with E-state index in [0.717, 1.165) is 15.2 Å². The van der Waals surface area contributed by atoms with Crippen LogP contribution in [0.2, 0.25) is 0 Å². The van der Waals surface area contributed by atoms with Gasteiger partial charge in [-0.05, 0) is 36.4 Å². The molecule has 0 bridgehead atoms. The first-order chi connectivity index (χ1) is 17.4. The number of nitrogens with zero attached hydrogens (tertiary/aromatic N) is 6. The van der Waals surface area contributed by atoms with Crippen LogP contribution in [0.25, 0.3) is 21.8 Å². The highest BCUT2D eigenvalue weighted by molar-refractivity contribution is 9.10. The van der Waals surface area contributed by atoms with E-state index >= 15 is 0 Å². The van der Waals surface area contributed by atoms with Crippen LogP contribution in [0.3, 0.4) is 0 Å². The van der Waals surface area contributed by atoms with Gasteiger partial charge in [0.2, 0.25) is 0 Å². The Kier molecular flexibility index (Phi) is 8.45. The van der Waals surface area contributed by atoms with Gasteiger partial charge in [-0.1, -0.05) is 31.9 Å². The maximum atomic E-state index is 10.6. The topological polar surface area (TPSA) is 181 Å². The molecule has 0 radical (unpaired) electrons. The second kappa shape index (κ2) is 11.7. The molecule has 0 aliphatic carbocycles. The Hall–Kier alpha value is -3.14. The SMILES string of the molecule is OCC(O)C(O)C(O)C(C=NNc1ncnc2ccc(Br)cc12)=NNc1ncnc2ccc(Br)cc12. The summed E-state index contributed by atoms with van der Waals surface area (Å²) in [6.07, 6.45) is -1.18. The van der Waals surface area contributed by atoms with E-state index in [1.165, 1.54) is 12.7 Å². The molecule has 0 amide bonds. The maximum Gasteiger partial charge on any atom is 0.157 e. The van der Waals surface area contributed by atoms with Crippen molar-refractivity contribution in [2.24, 2.45) is 10.2 Å². The molecule has 2 aromatic heterocycles. The van der Waals surface area contributed by atoms with Crippen LogP contribution < -0.4 is 10.9 Å². The Balaban J connectivity index is 1.64. The number of fused-ring (bicyclic) bond motifs is 2. The summed E-state index contributed by atoms with van der Waals surface area (Å²) in [7, 11) is 0. The van der Waals surface area contributed by atoms with Crippen molar-refractivity contribution in [3.63, 3.8) is 0 Å². The van der Waals surface area contributed by atoms with Crippen molar-refractivity contribution in [3.05, 3.63) is 58.0 Å². The van der Waals surface area contributed by atoms with Gasteiger partial charge in [-0.25, -0.2) is 19.9 Å². The minimum Gasteiger partial charge on any atom is -0.394 e. The van der Waals surface area contributed by atoms with Crippen molar-refractivity contribution >= 4 is 77.2 Å². The molecule has 4 rings (SSSR count). The summed E-state index contributed by atoms with van der Waals surface area (Å²) in [5, 5.41) is 49.4.